The molecule has 3 aromatic carbocycles. The van der Waals surface area contributed by atoms with Crippen LogP contribution in [0, 0.1) is 0 Å². The first kappa shape index (κ1) is 22.9. The number of hydrogen-bond donors (Lipinski definition) is 1. The number of amidine groups is 2. The molecule has 1 N–H and O–H groups in total. The van der Waals surface area contributed by atoms with Gasteiger partial charge in [0.25, 0.3) is 5.91 Å². The number of aliphatic imine (C=N–C) groups is 2. The number of nitrogens with zero attached hydrogens (tertiary/aromatic N) is 3. The summed E-state index contributed by atoms with van der Waals surface area (Å²) >= 11 is 1.31. The molecular weight excluding hydrogens is 460 g/mol. The minimum Gasteiger partial charge on any atom is -0.497 e. The number of thioether (sulfide) groups is 1. The number of nitrogens with one attached hydrogen (secondary N) is 1. The molecule has 0 fully saturated rings. The summed E-state index contributed by atoms with van der Waals surface area (Å²) in [7, 11) is 1.62. The maximum absolute atomic E-state index is 13.0. The van der Waals surface area contributed by atoms with Crippen LogP contribution in [0.1, 0.15) is 16.7 Å². The molecule has 2 aliphatic rings. The number of para-hydroxylation sites is 1. The molecule has 0 aliphatic carbocycles. The number of methoxy groups -OCH3 is 1. The van der Waals surface area contributed by atoms with Crippen molar-refractivity contribution in [3.8, 4) is 5.75 Å². The molecule has 8 heteroatoms. The van der Waals surface area contributed by atoms with E-state index in [0.29, 0.717) is 24.0 Å². The van der Waals surface area contributed by atoms with Gasteiger partial charge < -0.3 is 10.1 Å². The van der Waals surface area contributed by atoms with Gasteiger partial charge >= 0.3 is 0 Å². The van der Waals surface area contributed by atoms with Crippen LogP contribution in [0.2, 0.25) is 0 Å². The summed E-state index contributed by atoms with van der Waals surface area (Å²) in [5, 5.41) is 3.55. The maximum Gasteiger partial charge on any atom is 0.271 e. The van der Waals surface area contributed by atoms with Gasteiger partial charge in [0, 0.05) is 18.5 Å². The van der Waals surface area contributed by atoms with Gasteiger partial charge in [0.1, 0.15) is 17.6 Å². The average Bonchev–Trinajstić information content (AvgIpc) is 3.23. The van der Waals surface area contributed by atoms with E-state index in [2.05, 4.69) is 10.3 Å². The van der Waals surface area contributed by atoms with Crippen molar-refractivity contribution in [2.24, 2.45) is 9.98 Å². The average molecular weight is 485 g/mol. The fraction of sp³-hybridized carbons (Fsp3) is 0.185. The topological polar surface area (TPSA) is 83.4 Å². The van der Waals surface area contributed by atoms with E-state index in [0.717, 1.165) is 28.1 Å². The fourth-order valence-corrected chi connectivity index (χ4v) is 4.94. The van der Waals surface area contributed by atoms with E-state index in [9.17, 15) is 9.59 Å². The second-order valence-electron chi connectivity index (χ2n) is 8.17. The van der Waals surface area contributed by atoms with Crippen LogP contribution in [0.4, 0.5) is 5.69 Å². The van der Waals surface area contributed by atoms with Crippen LogP contribution in [0.15, 0.2) is 88.8 Å². The molecule has 0 spiro atoms. The zero-order valence-electron chi connectivity index (χ0n) is 19.2. The predicted molar refractivity (Wildman–Crippen MR) is 138 cm³/mol. The van der Waals surface area contributed by atoms with E-state index in [4.69, 9.17) is 9.73 Å². The number of carbonyl (C=O) groups is 2. The standard InChI is InChI=1S/C27H24N4O3S/c1-34-20-13-11-19(12-14-20)16-28-24(32)17-35-27-29-22-10-6-5-9-21(22)25-30-26(33)23(31(25)27)15-18-7-3-2-4-8-18/h2-14,23H,15-17H2,1H3,(H,28,32). The van der Waals surface area contributed by atoms with E-state index in [1.54, 1.807) is 7.11 Å². The van der Waals surface area contributed by atoms with Crippen LogP contribution in [-0.2, 0) is 22.6 Å². The Balaban J connectivity index is 1.31. The lowest BCUT2D eigenvalue weighted by atomic mass is 10.0. The summed E-state index contributed by atoms with van der Waals surface area (Å²) in [6.07, 6.45) is 0.512. The number of amides is 2. The Labute approximate surface area is 207 Å². The highest BCUT2D eigenvalue weighted by Crippen LogP contribution is 2.34. The van der Waals surface area contributed by atoms with Gasteiger partial charge in [0.15, 0.2) is 5.17 Å². The third-order valence-electron chi connectivity index (χ3n) is 5.86. The Bertz CT molecular complexity index is 1310. The molecule has 2 heterocycles. The number of carbonyl (C=O) groups excluding carboxylic acids is 2. The molecular formula is C27H24N4O3S. The van der Waals surface area contributed by atoms with Crippen molar-refractivity contribution in [3.63, 3.8) is 0 Å². The van der Waals surface area contributed by atoms with Crippen molar-refractivity contribution in [1.82, 2.24) is 10.2 Å². The first-order valence-corrected chi connectivity index (χ1v) is 12.3. The van der Waals surface area contributed by atoms with E-state index in [1.807, 2.05) is 83.8 Å². The van der Waals surface area contributed by atoms with Gasteiger partial charge in [-0.05, 0) is 35.4 Å². The largest absolute Gasteiger partial charge is 0.497 e. The zero-order valence-corrected chi connectivity index (χ0v) is 20.0. The van der Waals surface area contributed by atoms with Crippen LogP contribution in [0.5, 0.6) is 5.75 Å². The quantitative estimate of drug-likeness (QED) is 0.549. The van der Waals surface area contributed by atoms with Crippen molar-refractivity contribution >= 4 is 40.3 Å². The monoisotopic (exact) mass is 484 g/mol. The Morgan fingerprint density at radius 1 is 0.971 bits per heavy atom. The fourth-order valence-electron chi connectivity index (χ4n) is 4.06. The summed E-state index contributed by atoms with van der Waals surface area (Å²) < 4.78 is 5.17. The molecule has 7 nitrogen and oxygen atoms in total. The molecule has 5 rings (SSSR count). The van der Waals surface area contributed by atoms with Crippen molar-refractivity contribution in [2.75, 3.05) is 12.9 Å². The number of ether oxygens (including phenoxy) is 1. The zero-order chi connectivity index (χ0) is 24.2. The molecule has 2 aliphatic heterocycles. The molecule has 35 heavy (non-hydrogen) atoms. The van der Waals surface area contributed by atoms with E-state index in [1.165, 1.54) is 11.8 Å². The molecule has 3 aromatic rings. The Morgan fingerprint density at radius 3 is 2.49 bits per heavy atom. The van der Waals surface area contributed by atoms with Crippen LogP contribution >= 0.6 is 11.8 Å². The van der Waals surface area contributed by atoms with Crippen molar-refractivity contribution in [3.05, 3.63) is 95.6 Å². The molecule has 176 valence electrons. The van der Waals surface area contributed by atoms with Gasteiger partial charge in [-0.3, -0.25) is 14.5 Å². The Kier molecular flexibility index (Phi) is 6.63. The van der Waals surface area contributed by atoms with Crippen molar-refractivity contribution in [2.45, 2.75) is 19.0 Å². The molecule has 2 amide bonds. The SMILES string of the molecule is COc1ccc(CNC(=O)CSC2=Nc3ccccc3C3=NC(=O)C(Cc4ccccc4)N23)cc1. The molecule has 0 aromatic heterocycles. The molecule has 0 bridgehead atoms. The number of hydrogen-bond acceptors (Lipinski definition) is 6. The highest BCUT2D eigenvalue weighted by atomic mass is 32.2. The molecule has 1 atom stereocenters. The van der Waals surface area contributed by atoms with Gasteiger partial charge in [-0.1, -0.05) is 66.4 Å². The third kappa shape index (κ3) is 4.97. The second-order valence-corrected chi connectivity index (χ2v) is 9.12. The van der Waals surface area contributed by atoms with Gasteiger partial charge in [-0.2, -0.15) is 4.99 Å². The van der Waals surface area contributed by atoms with Gasteiger partial charge in [0.2, 0.25) is 5.91 Å². The smallest absolute Gasteiger partial charge is 0.271 e. The highest BCUT2D eigenvalue weighted by molar-refractivity contribution is 8.14. The molecule has 0 saturated heterocycles. The number of benzene rings is 3. The number of fused-ring (bicyclic) bond motifs is 3. The maximum atomic E-state index is 13.0. The highest BCUT2D eigenvalue weighted by Gasteiger charge is 2.41. The Hall–Kier alpha value is -3.91. The summed E-state index contributed by atoms with van der Waals surface area (Å²) in [6, 6.07) is 24.6. The molecule has 0 radical (unpaired) electrons. The van der Waals surface area contributed by atoms with Crippen LogP contribution in [0.3, 0.4) is 0 Å². The third-order valence-corrected chi connectivity index (χ3v) is 6.81. The normalized spacial score (nSPS) is 16.2. The Morgan fingerprint density at radius 2 is 1.71 bits per heavy atom. The molecule has 1 unspecified atom stereocenters. The lowest BCUT2D eigenvalue weighted by Crippen LogP contribution is -2.45. The van der Waals surface area contributed by atoms with Crippen LogP contribution in [0.25, 0.3) is 0 Å². The summed E-state index contributed by atoms with van der Waals surface area (Å²) in [4.78, 5) is 36.7. The second kappa shape index (κ2) is 10.1. The van der Waals surface area contributed by atoms with E-state index in [-0.39, 0.29) is 17.6 Å². The van der Waals surface area contributed by atoms with Crippen molar-refractivity contribution in [1.29, 1.82) is 0 Å². The van der Waals surface area contributed by atoms with Crippen molar-refractivity contribution < 1.29 is 14.3 Å². The van der Waals surface area contributed by atoms with E-state index >= 15 is 0 Å². The predicted octanol–water partition coefficient (Wildman–Crippen LogP) is 3.95. The summed E-state index contributed by atoms with van der Waals surface area (Å²) in [5.41, 5.74) is 3.60. The van der Waals surface area contributed by atoms with Gasteiger partial charge in [-0.25, -0.2) is 4.99 Å². The minimum atomic E-state index is -0.491. The van der Waals surface area contributed by atoms with Crippen LogP contribution in [-0.4, -0.2) is 46.6 Å². The summed E-state index contributed by atoms with van der Waals surface area (Å²) in [6.45, 7) is 0.421. The minimum absolute atomic E-state index is 0.115. The number of rotatable bonds is 7. The lowest BCUT2D eigenvalue weighted by molar-refractivity contribution is -0.120. The molecule has 0 saturated carbocycles. The summed E-state index contributed by atoms with van der Waals surface area (Å²) in [5.74, 6) is 1.23. The van der Waals surface area contributed by atoms with Gasteiger partial charge in [-0.15, -0.1) is 0 Å². The van der Waals surface area contributed by atoms with E-state index < -0.39 is 6.04 Å². The first-order chi connectivity index (χ1) is 17.1. The van der Waals surface area contributed by atoms with Crippen LogP contribution < -0.4 is 10.1 Å². The van der Waals surface area contributed by atoms with Gasteiger partial charge in [0.05, 0.1) is 18.6 Å². The lowest BCUT2D eigenvalue weighted by Gasteiger charge is -2.31. The first-order valence-electron chi connectivity index (χ1n) is 11.3.